The molecule has 0 atom stereocenters. The highest BCUT2D eigenvalue weighted by Gasteiger charge is 2.27. The van der Waals surface area contributed by atoms with E-state index in [-0.39, 0.29) is 24.0 Å². The fourth-order valence-corrected chi connectivity index (χ4v) is 4.04. The SMILES string of the molecule is O=C(COc1ccc(N2CCCC2=O)cc1)N1CCN(C(=O)c2cc(Cl)ccc2F)CC1. The van der Waals surface area contributed by atoms with Gasteiger partial charge in [0.05, 0.1) is 5.56 Å². The van der Waals surface area contributed by atoms with Crippen LogP contribution in [-0.2, 0) is 9.59 Å². The van der Waals surface area contributed by atoms with Crippen LogP contribution in [0.2, 0.25) is 5.02 Å². The molecule has 2 saturated heterocycles. The van der Waals surface area contributed by atoms with Crippen molar-refractivity contribution in [2.24, 2.45) is 0 Å². The Morgan fingerprint density at radius 2 is 1.66 bits per heavy atom. The van der Waals surface area contributed by atoms with Gasteiger partial charge in [-0.05, 0) is 48.9 Å². The van der Waals surface area contributed by atoms with Gasteiger partial charge in [0.15, 0.2) is 6.61 Å². The highest BCUT2D eigenvalue weighted by atomic mass is 35.5. The minimum absolute atomic E-state index is 0.0697. The molecule has 0 aromatic heterocycles. The molecule has 0 bridgehead atoms. The second-order valence-corrected chi connectivity index (χ2v) is 8.17. The second kappa shape index (κ2) is 9.56. The van der Waals surface area contributed by atoms with E-state index in [9.17, 15) is 18.8 Å². The molecule has 3 amide bonds. The van der Waals surface area contributed by atoms with Crippen molar-refractivity contribution in [3.8, 4) is 5.75 Å². The fourth-order valence-electron chi connectivity index (χ4n) is 3.87. The third-order valence-corrected chi connectivity index (χ3v) is 5.90. The van der Waals surface area contributed by atoms with E-state index in [1.54, 1.807) is 21.9 Å². The molecule has 2 aromatic carbocycles. The van der Waals surface area contributed by atoms with Gasteiger partial charge in [0, 0.05) is 49.9 Å². The number of benzene rings is 2. The average Bonchev–Trinajstić information content (AvgIpc) is 3.25. The van der Waals surface area contributed by atoms with Crippen LogP contribution in [0, 0.1) is 5.82 Å². The van der Waals surface area contributed by atoms with E-state index < -0.39 is 11.7 Å². The maximum absolute atomic E-state index is 14.0. The Kier molecular flexibility index (Phi) is 6.60. The molecule has 2 aromatic rings. The van der Waals surface area contributed by atoms with E-state index in [1.807, 2.05) is 12.1 Å². The van der Waals surface area contributed by atoms with Crippen LogP contribution in [0.25, 0.3) is 0 Å². The van der Waals surface area contributed by atoms with Gasteiger partial charge in [-0.3, -0.25) is 14.4 Å². The van der Waals surface area contributed by atoms with Crippen LogP contribution in [-0.4, -0.2) is 66.9 Å². The fraction of sp³-hybridized carbons (Fsp3) is 0.348. The number of rotatable bonds is 5. The highest BCUT2D eigenvalue weighted by Crippen LogP contribution is 2.24. The maximum Gasteiger partial charge on any atom is 0.260 e. The molecule has 0 radical (unpaired) electrons. The maximum atomic E-state index is 14.0. The Hall–Kier alpha value is -3.13. The molecule has 0 saturated carbocycles. The van der Waals surface area contributed by atoms with Crippen LogP contribution in [0.3, 0.4) is 0 Å². The lowest BCUT2D eigenvalue weighted by Gasteiger charge is -2.34. The summed E-state index contributed by atoms with van der Waals surface area (Å²) in [5.74, 6) is -0.593. The van der Waals surface area contributed by atoms with Crippen LogP contribution in [0.5, 0.6) is 5.75 Å². The predicted molar refractivity (Wildman–Crippen MR) is 117 cm³/mol. The monoisotopic (exact) mass is 459 g/mol. The first kappa shape index (κ1) is 22.1. The van der Waals surface area contributed by atoms with Gasteiger partial charge in [0.25, 0.3) is 11.8 Å². The molecule has 7 nitrogen and oxygen atoms in total. The molecular formula is C23H23ClFN3O4. The third kappa shape index (κ3) is 4.85. The summed E-state index contributed by atoms with van der Waals surface area (Å²) in [4.78, 5) is 41.8. The first-order chi connectivity index (χ1) is 15.4. The van der Waals surface area contributed by atoms with Gasteiger partial charge in [-0.25, -0.2) is 4.39 Å². The Balaban J connectivity index is 1.26. The number of carbonyl (C=O) groups excluding carboxylic acids is 3. The van der Waals surface area contributed by atoms with E-state index >= 15 is 0 Å². The highest BCUT2D eigenvalue weighted by molar-refractivity contribution is 6.31. The summed E-state index contributed by atoms with van der Waals surface area (Å²) in [6, 6.07) is 11.0. The zero-order chi connectivity index (χ0) is 22.7. The van der Waals surface area contributed by atoms with Crippen molar-refractivity contribution < 1.29 is 23.5 Å². The molecule has 0 spiro atoms. The molecule has 168 valence electrons. The first-order valence-corrected chi connectivity index (χ1v) is 10.9. The summed E-state index contributed by atoms with van der Waals surface area (Å²) in [6.07, 6.45) is 1.43. The van der Waals surface area contributed by atoms with Crippen molar-refractivity contribution in [1.29, 1.82) is 0 Å². The number of halogens is 2. The van der Waals surface area contributed by atoms with Gasteiger partial charge < -0.3 is 19.4 Å². The van der Waals surface area contributed by atoms with Gasteiger partial charge in [0.2, 0.25) is 5.91 Å². The molecular weight excluding hydrogens is 437 g/mol. The van der Waals surface area contributed by atoms with Crippen molar-refractivity contribution in [2.45, 2.75) is 12.8 Å². The Morgan fingerprint density at radius 1 is 0.969 bits per heavy atom. The quantitative estimate of drug-likeness (QED) is 0.689. The van der Waals surface area contributed by atoms with E-state index in [1.165, 1.54) is 23.1 Å². The molecule has 2 heterocycles. The molecule has 2 fully saturated rings. The van der Waals surface area contributed by atoms with Crippen LogP contribution in [0.4, 0.5) is 10.1 Å². The molecule has 2 aliphatic rings. The summed E-state index contributed by atoms with van der Waals surface area (Å²) in [7, 11) is 0. The van der Waals surface area contributed by atoms with Crippen LogP contribution in [0.15, 0.2) is 42.5 Å². The molecule has 9 heteroatoms. The molecule has 32 heavy (non-hydrogen) atoms. The van der Waals surface area contributed by atoms with Gasteiger partial charge >= 0.3 is 0 Å². The van der Waals surface area contributed by atoms with E-state index in [2.05, 4.69) is 0 Å². The van der Waals surface area contributed by atoms with Crippen molar-refractivity contribution in [2.75, 3.05) is 44.2 Å². The Labute approximate surface area is 190 Å². The zero-order valence-electron chi connectivity index (χ0n) is 17.4. The summed E-state index contributed by atoms with van der Waals surface area (Å²) in [5.41, 5.74) is 0.753. The zero-order valence-corrected chi connectivity index (χ0v) is 18.2. The van der Waals surface area contributed by atoms with Crippen LogP contribution in [0.1, 0.15) is 23.2 Å². The average molecular weight is 460 g/mol. The molecule has 2 aliphatic heterocycles. The lowest BCUT2D eigenvalue weighted by atomic mass is 10.1. The standard InChI is InChI=1S/C23H23ClFN3O4/c24-16-3-8-20(25)19(14-16)23(31)27-12-10-26(11-13-27)22(30)15-32-18-6-4-17(5-7-18)28-9-1-2-21(28)29/h3-8,14H,1-2,9-13,15H2. The number of ether oxygens (including phenoxy) is 1. The Bertz CT molecular complexity index is 1020. The number of nitrogens with zero attached hydrogens (tertiary/aromatic N) is 3. The molecule has 0 unspecified atom stereocenters. The number of hydrogen-bond acceptors (Lipinski definition) is 4. The lowest BCUT2D eigenvalue weighted by Crippen LogP contribution is -2.51. The van der Waals surface area contributed by atoms with Crippen molar-refractivity contribution in [1.82, 2.24) is 9.80 Å². The second-order valence-electron chi connectivity index (χ2n) is 7.73. The minimum Gasteiger partial charge on any atom is -0.484 e. The largest absolute Gasteiger partial charge is 0.484 e. The van der Waals surface area contributed by atoms with Gasteiger partial charge in [-0.1, -0.05) is 11.6 Å². The van der Waals surface area contributed by atoms with E-state index in [0.29, 0.717) is 43.4 Å². The molecule has 0 N–H and O–H groups in total. The summed E-state index contributed by atoms with van der Waals surface area (Å²) >= 11 is 5.88. The summed E-state index contributed by atoms with van der Waals surface area (Å²) < 4.78 is 19.6. The van der Waals surface area contributed by atoms with E-state index in [0.717, 1.165) is 18.7 Å². The van der Waals surface area contributed by atoms with Crippen molar-refractivity contribution in [3.05, 3.63) is 58.9 Å². The number of carbonyl (C=O) groups is 3. The van der Waals surface area contributed by atoms with Gasteiger partial charge in [0.1, 0.15) is 11.6 Å². The first-order valence-electron chi connectivity index (χ1n) is 10.5. The summed E-state index contributed by atoms with van der Waals surface area (Å²) in [5, 5.41) is 0.292. The number of piperazine rings is 1. The van der Waals surface area contributed by atoms with E-state index in [4.69, 9.17) is 16.3 Å². The van der Waals surface area contributed by atoms with Gasteiger partial charge in [-0.2, -0.15) is 0 Å². The molecule has 4 rings (SSSR count). The number of anilines is 1. The minimum atomic E-state index is -0.619. The smallest absolute Gasteiger partial charge is 0.260 e. The van der Waals surface area contributed by atoms with Crippen LogP contribution < -0.4 is 9.64 Å². The van der Waals surface area contributed by atoms with Crippen LogP contribution >= 0.6 is 11.6 Å². The number of hydrogen-bond donors (Lipinski definition) is 0. The van der Waals surface area contributed by atoms with Crippen molar-refractivity contribution in [3.63, 3.8) is 0 Å². The number of amides is 3. The van der Waals surface area contributed by atoms with Crippen molar-refractivity contribution >= 4 is 35.0 Å². The Morgan fingerprint density at radius 3 is 2.31 bits per heavy atom. The predicted octanol–water partition coefficient (Wildman–Crippen LogP) is 2.97. The molecule has 0 aliphatic carbocycles. The normalized spacial score (nSPS) is 16.4. The van der Waals surface area contributed by atoms with Gasteiger partial charge in [-0.15, -0.1) is 0 Å². The lowest BCUT2D eigenvalue weighted by molar-refractivity contribution is -0.134. The topological polar surface area (TPSA) is 70.2 Å². The summed E-state index contributed by atoms with van der Waals surface area (Å²) in [6.45, 7) is 1.87. The third-order valence-electron chi connectivity index (χ3n) is 5.66.